The van der Waals surface area contributed by atoms with Gasteiger partial charge in [-0.25, -0.2) is 4.79 Å². The first-order valence-electron chi connectivity index (χ1n) is 10.5. The normalized spacial score (nSPS) is 25.2. The topological polar surface area (TPSA) is 52.6 Å². The van der Waals surface area contributed by atoms with Crippen LogP contribution >= 0.6 is 11.3 Å². The Balaban J connectivity index is 0.000000307. The molecule has 0 radical (unpaired) electrons. The maximum Gasteiger partial charge on any atom is 0.490 e. The number of thiophene rings is 1. The highest BCUT2D eigenvalue weighted by atomic mass is 32.1. The predicted octanol–water partition coefficient (Wildman–Crippen LogP) is 5.97. The van der Waals surface area contributed by atoms with Gasteiger partial charge in [0.15, 0.2) is 0 Å². The summed E-state index contributed by atoms with van der Waals surface area (Å²) in [5.41, 5.74) is 2.74. The summed E-state index contributed by atoms with van der Waals surface area (Å²) in [6, 6.07) is 22.0. The van der Waals surface area contributed by atoms with Gasteiger partial charge in [0.25, 0.3) is 0 Å². The lowest BCUT2D eigenvalue weighted by atomic mass is 9.80. The van der Waals surface area contributed by atoms with Crippen molar-refractivity contribution in [3.05, 3.63) is 65.5 Å². The summed E-state index contributed by atoms with van der Waals surface area (Å²) in [6.45, 7) is 0. The molecule has 0 aliphatic carbocycles. The number of anilines is 1. The second-order valence-electron chi connectivity index (χ2n) is 8.36. The zero-order valence-corrected chi connectivity index (χ0v) is 18.4. The van der Waals surface area contributed by atoms with Crippen molar-refractivity contribution in [1.82, 2.24) is 4.90 Å². The van der Waals surface area contributed by atoms with E-state index in [9.17, 15) is 13.2 Å². The number of piperidine rings is 1. The van der Waals surface area contributed by atoms with E-state index in [4.69, 9.17) is 9.90 Å². The highest BCUT2D eigenvalue weighted by Crippen LogP contribution is 2.45. The average Bonchev–Trinajstić information content (AvgIpc) is 3.30. The Morgan fingerprint density at radius 3 is 2.53 bits per heavy atom. The number of halogens is 3. The van der Waals surface area contributed by atoms with Crippen LogP contribution in [0.1, 0.15) is 30.7 Å². The maximum absolute atomic E-state index is 10.6. The van der Waals surface area contributed by atoms with E-state index >= 15 is 0 Å². The first kappa shape index (κ1) is 22.6. The molecule has 5 rings (SSSR count). The minimum Gasteiger partial charge on any atom is -0.475 e. The van der Waals surface area contributed by atoms with E-state index in [1.165, 1.54) is 40.6 Å². The number of fused-ring (bicyclic) bond motifs is 3. The van der Waals surface area contributed by atoms with Gasteiger partial charge in [0.2, 0.25) is 0 Å². The molecule has 4 unspecified atom stereocenters. The summed E-state index contributed by atoms with van der Waals surface area (Å²) in [6.07, 6.45) is -1.19. The number of alkyl halides is 3. The fourth-order valence-corrected chi connectivity index (χ4v) is 5.78. The molecule has 2 bridgehead atoms. The second kappa shape index (κ2) is 9.11. The van der Waals surface area contributed by atoms with Crippen molar-refractivity contribution in [2.24, 2.45) is 0 Å². The number of benzene rings is 2. The highest BCUT2D eigenvalue weighted by Gasteiger charge is 2.46. The Hall–Kier alpha value is -2.58. The van der Waals surface area contributed by atoms with E-state index in [0.29, 0.717) is 18.0 Å². The molecule has 0 saturated carbocycles. The molecule has 2 aliphatic rings. The number of para-hydroxylation sites is 1. The van der Waals surface area contributed by atoms with Gasteiger partial charge in [0, 0.05) is 34.4 Å². The van der Waals surface area contributed by atoms with Crippen LogP contribution in [0.2, 0.25) is 0 Å². The van der Waals surface area contributed by atoms with Gasteiger partial charge in [-0.3, -0.25) is 4.90 Å². The number of carbonyl (C=O) groups is 1. The van der Waals surface area contributed by atoms with E-state index < -0.39 is 12.1 Å². The number of nitrogens with zero attached hydrogens (tertiary/aromatic N) is 1. The summed E-state index contributed by atoms with van der Waals surface area (Å²) in [5.74, 6) is -2.21. The standard InChI is InChI=1S/C22H24N2S.C2HF3O2/c1-24-18-8-9-20(24)22(16-7-10-21-15(13-16)11-12-25-21)19(14-18)23-17-5-3-2-4-6-17;3-2(4,5)1(6)7/h2-7,10-13,18-20,22-23H,8-9,14H2,1H3;(H,6,7). The van der Waals surface area contributed by atoms with E-state index in [0.717, 1.165) is 6.04 Å². The molecule has 0 amide bonds. The average molecular weight is 463 g/mol. The lowest BCUT2D eigenvalue weighted by Gasteiger charge is -2.44. The molecule has 2 aliphatic heterocycles. The van der Waals surface area contributed by atoms with Crippen molar-refractivity contribution in [3.8, 4) is 0 Å². The van der Waals surface area contributed by atoms with Gasteiger partial charge in [-0.15, -0.1) is 11.3 Å². The third-order valence-corrected chi connectivity index (χ3v) is 7.40. The smallest absolute Gasteiger partial charge is 0.475 e. The fraction of sp³-hybridized carbons (Fsp3) is 0.375. The van der Waals surface area contributed by atoms with Crippen LogP contribution in [-0.2, 0) is 4.79 Å². The van der Waals surface area contributed by atoms with Gasteiger partial charge < -0.3 is 10.4 Å². The van der Waals surface area contributed by atoms with Crippen molar-refractivity contribution >= 4 is 33.1 Å². The van der Waals surface area contributed by atoms with Crippen LogP contribution in [0.15, 0.2) is 60.0 Å². The number of carboxylic acids is 1. The minimum absolute atomic E-state index is 0.507. The molecule has 2 N–H and O–H groups in total. The fourth-order valence-electron chi connectivity index (χ4n) is 5.01. The van der Waals surface area contributed by atoms with E-state index in [2.05, 4.69) is 77.2 Å². The molecular formula is C24H25F3N2O2S. The molecule has 4 atom stereocenters. The molecule has 4 nitrogen and oxygen atoms in total. The Morgan fingerprint density at radius 1 is 1.12 bits per heavy atom. The summed E-state index contributed by atoms with van der Waals surface area (Å²) < 4.78 is 33.1. The van der Waals surface area contributed by atoms with Crippen molar-refractivity contribution in [3.63, 3.8) is 0 Å². The van der Waals surface area contributed by atoms with Crippen LogP contribution < -0.4 is 5.32 Å². The molecule has 32 heavy (non-hydrogen) atoms. The first-order valence-corrected chi connectivity index (χ1v) is 11.4. The van der Waals surface area contributed by atoms with Crippen molar-refractivity contribution < 1.29 is 23.1 Å². The molecule has 2 saturated heterocycles. The zero-order valence-electron chi connectivity index (χ0n) is 17.5. The lowest BCUT2D eigenvalue weighted by Crippen LogP contribution is -2.50. The van der Waals surface area contributed by atoms with Crippen LogP contribution in [0.5, 0.6) is 0 Å². The molecule has 2 aromatic carbocycles. The van der Waals surface area contributed by atoms with Crippen LogP contribution in [0.3, 0.4) is 0 Å². The van der Waals surface area contributed by atoms with E-state index in [1.54, 1.807) is 0 Å². The highest BCUT2D eigenvalue weighted by molar-refractivity contribution is 7.17. The van der Waals surface area contributed by atoms with Crippen LogP contribution in [0.4, 0.5) is 18.9 Å². The Morgan fingerprint density at radius 2 is 1.84 bits per heavy atom. The monoisotopic (exact) mass is 462 g/mol. The summed E-state index contributed by atoms with van der Waals surface area (Å²) >= 11 is 1.84. The molecular weight excluding hydrogens is 437 g/mol. The van der Waals surface area contributed by atoms with Gasteiger partial charge >= 0.3 is 12.1 Å². The van der Waals surface area contributed by atoms with Gasteiger partial charge in [0.05, 0.1) is 0 Å². The Labute approximate surface area is 188 Å². The molecule has 2 fully saturated rings. The van der Waals surface area contributed by atoms with Crippen molar-refractivity contribution in [1.29, 1.82) is 0 Å². The van der Waals surface area contributed by atoms with Crippen LogP contribution in [0.25, 0.3) is 10.1 Å². The molecule has 0 spiro atoms. The van der Waals surface area contributed by atoms with Crippen molar-refractivity contribution in [2.75, 3.05) is 12.4 Å². The molecule has 1 aromatic heterocycles. The number of rotatable bonds is 3. The number of aliphatic carboxylic acids is 1. The maximum atomic E-state index is 10.6. The van der Waals surface area contributed by atoms with Gasteiger partial charge in [-0.2, -0.15) is 13.2 Å². The number of likely N-dealkylation sites (N-methyl/N-ethyl adjacent to an activating group) is 1. The summed E-state index contributed by atoms with van der Waals surface area (Å²) in [7, 11) is 2.33. The largest absolute Gasteiger partial charge is 0.490 e. The molecule has 8 heteroatoms. The quantitative estimate of drug-likeness (QED) is 0.504. The Bertz CT molecular complexity index is 1070. The number of hydrogen-bond donors (Lipinski definition) is 2. The predicted molar refractivity (Wildman–Crippen MR) is 121 cm³/mol. The number of nitrogens with one attached hydrogen (secondary N) is 1. The van der Waals surface area contributed by atoms with Crippen LogP contribution in [0, 0.1) is 0 Å². The Kier molecular flexibility index (Phi) is 6.44. The zero-order chi connectivity index (χ0) is 22.9. The number of hydrogen-bond acceptors (Lipinski definition) is 4. The minimum atomic E-state index is -5.08. The van der Waals surface area contributed by atoms with Gasteiger partial charge in [-0.1, -0.05) is 24.3 Å². The summed E-state index contributed by atoms with van der Waals surface area (Å²) in [5, 5.41) is 14.6. The molecule has 170 valence electrons. The van der Waals surface area contributed by atoms with Crippen LogP contribution in [-0.4, -0.2) is 47.3 Å². The van der Waals surface area contributed by atoms with E-state index in [-0.39, 0.29) is 0 Å². The third kappa shape index (κ3) is 4.76. The van der Waals surface area contributed by atoms with Gasteiger partial charge in [0.1, 0.15) is 0 Å². The molecule has 3 heterocycles. The third-order valence-electron chi connectivity index (χ3n) is 6.50. The molecule has 3 aromatic rings. The first-order chi connectivity index (χ1) is 15.2. The second-order valence-corrected chi connectivity index (χ2v) is 9.31. The van der Waals surface area contributed by atoms with Crippen molar-refractivity contribution in [2.45, 2.75) is 49.5 Å². The van der Waals surface area contributed by atoms with E-state index in [1.807, 2.05) is 11.3 Å². The van der Waals surface area contributed by atoms with Gasteiger partial charge in [-0.05, 0) is 73.0 Å². The summed E-state index contributed by atoms with van der Waals surface area (Å²) in [4.78, 5) is 11.5. The SMILES string of the molecule is CN1C2CCC1C(c1ccc3sccc3c1)C(Nc1ccccc1)C2.O=C(O)C(F)(F)F. The lowest BCUT2D eigenvalue weighted by molar-refractivity contribution is -0.192. The number of carboxylic acid groups (broad SMARTS) is 1.